The predicted molar refractivity (Wildman–Crippen MR) is 41.8 cm³/mol. The molecule has 65 valence electrons. The minimum Gasteiger partial charge on any atom is -0.487 e. The van der Waals surface area contributed by atoms with Crippen molar-refractivity contribution < 1.29 is 13.5 Å². The topological polar surface area (TPSA) is 9.23 Å². The number of benzene rings is 1. The van der Waals surface area contributed by atoms with Crippen molar-refractivity contribution in [2.75, 3.05) is 6.61 Å². The first-order chi connectivity index (χ1) is 5.68. The van der Waals surface area contributed by atoms with Crippen LogP contribution in [0.2, 0.25) is 5.02 Å². The summed E-state index contributed by atoms with van der Waals surface area (Å²) in [6.45, 7) is -0.613. The molecule has 0 atom stereocenters. The summed E-state index contributed by atoms with van der Waals surface area (Å²) in [5, 5.41) is 0.499. The third kappa shape index (κ3) is 3.05. The van der Waals surface area contributed by atoms with E-state index in [9.17, 15) is 8.78 Å². The van der Waals surface area contributed by atoms with Crippen LogP contribution in [0.5, 0.6) is 5.75 Å². The zero-order chi connectivity index (χ0) is 8.97. The van der Waals surface area contributed by atoms with E-state index in [4.69, 9.17) is 11.6 Å². The highest BCUT2D eigenvalue weighted by atomic mass is 35.5. The van der Waals surface area contributed by atoms with Crippen molar-refractivity contribution in [3.05, 3.63) is 29.3 Å². The molecule has 0 saturated carbocycles. The van der Waals surface area contributed by atoms with Gasteiger partial charge in [-0.05, 0) is 18.2 Å². The molecule has 0 aliphatic rings. The fraction of sp³-hybridized carbons (Fsp3) is 0.250. The van der Waals surface area contributed by atoms with E-state index in [1.54, 1.807) is 6.07 Å². The SMILES string of the molecule is FC(F)COc1[c]cc(Cl)cc1. The molecule has 0 fully saturated rings. The first-order valence-electron chi connectivity index (χ1n) is 3.26. The van der Waals surface area contributed by atoms with Gasteiger partial charge in [-0.1, -0.05) is 11.6 Å². The number of rotatable bonds is 3. The van der Waals surface area contributed by atoms with Gasteiger partial charge in [0.1, 0.15) is 12.4 Å². The molecule has 1 aromatic rings. The van der Waals surface area contributed by atoms with Crippen LogP contribution in [-0.2, 0) is 0 Å². The molecule has 0 aliphatic heterocycles. The summed E-state index contributed by atoms with van der Waals surface area (Å²) in [5.41, 5.74) is 0. The lowest BCUT2D eigenvalue weighted by atomic mass is 10.3. The highest BCUT2D eigenvalue weighted by Crippen LogP contribution is 2.14. The molecule has 0 saturated heterocycles. The van der Waals surface area contributed by atoms with E-state index in [2.05, 4.69) is 10.8 Å². The summed E-state index contributed by atoms with van der Waals surface area (Å²) in [6, 6.07) is 7.11. The molecular weight excluding hydrogens is 186 g/mol. The maximum absolute atomic E-state index is 11.6. The number of ether oxygens (including phenoxy) is 1. The molecule has 12 heavy (non-hydrogen) atoms. The largest absolute Gasteiger partial charge is 0.487 e. The van der Waals surface area contributed by atoms with Crippen LogP contribution in [0.3, 0.4) is 0 Å². The molecule has 1 aromatic carbocycles. The normalized spacial score (nSPS) is 10.3. The van der Waals surface area contributed by atoms with Crippen LogP contribution in [0.15, 0.2) is 18.2 Å². The van der Waals surface area contributed by atoms with Crippen molar-refractivity contribution in [2.24, 2.45) is 0 Å². The second-order valence-electron chi connectivity index (χ2n) is 2.07. The third-order valence-electron chi connectivity index (χ3n) is 1.11. The fourth-order valence-electron chi connectivity index (χ4n) is 0.634. The van der Waals surface area contributed by atoms with Crippen molar-refractivity contribution in [1.82, 2.24) is 0 Å². The summed E-state index contributed by atoms with van der Waals surface area (Å²) in [4.78, 5) is 0. The maximum Gasteiger partial charge on any atom is 0.272 e. The fourth-order valence-corrected chi connectivity index (χ4v) is 0.752. The van der Waals surface area contributed by atoms with E-state index in [1.807, 2.05) is 0 Å². The highest BCUT2D eigenvalue weighted by Gasteiger charge is 2.02. The summed E-state index contributed by atoms with van der Waals surface area (Å²) >= 11 is 5.54. The van der Waals surface area contributed by atoms with Crippen molar-refractivity contribution in [1.29, 1.82) is 0 Å². The monoisotopic (exact) mass is 191 g/mol. The zero-order valence-corrected chi connectivity index (χ0v) is 6.81. The van der Waals surface area contributed by atoms with Crippen molar-refractivity contribution in [2.45, 2.75) is 6.43 Å². The average molecular weight is 192 g/mol. The molecule has 1 nitrogen and oxygen atoms in total. The van der Waals surface area contributed by atoms with Gasteiger partial charge in [0.05, 0.1) is 0 Å². The molecule has 0 bridgehead atoms. The van der Waals surface area contributed by atoms with Crippen LogP contribution in [0, 0.1) is 6.07 Å². The van der Waals surface area contributed by atoms with Gasteiger partial charge in [-0.3, -0.25) is 0 Å². The lowest BCUT2D eigenvalue weighted by molar-refractivity contribution is 0.0818. The highest BCUT2D eigenvalue weighted by molar-refractivity contribution is 6.30. The van der Waals surface area contributed by atoms with Crippen molar-refractivity contribution in [3.63, 3.8) is 0 Å². The number of halogens is 3. The smallest absolute Gasteiger partial charge is 0.272 e. The van der Waals surface area contributed by atoms with Gasteiger partial charge in [-0.25, -0.2) is 8.78 Å². The van der Waals surface area contributed by atoms with Crippen LogP contribution in [0.4, 0.5) is 8.78 Å². The minimum atomic E-state index is -2.46. The number of hydrogen-bond donors (Lipinski definition) is 0. The Balaban J connectivity index is 2.48. The summed E-state index contributed by atoms with van der Waals surface area (Å²) in [5.74, 6) is 0.278. The summed E-state index contributed by atoms with van der Waals surface area (Å²) in [6.07, 6.45) is -2.46. The lowest BCUT2D eigenvalue weighted by Crippen LogP contribution is -2.06. The van der Waals surface area contributed by atoms with E-state index in [0.29, 0.717) is 5.02 Å². The first-order valence-corrected chi connectivity index (χ1v) is 3.64. The Morgan fingerprint density at radius 3 is 2.75 bits per heavy atom. The van der Waals surface area contributed by atoms with E-state index in [1.165, 1.54) is 12.1 Å². The molecule has 0 spiro atoms. The molecular formula is C8H6ClF2O. The lowest BCUT2D eigenvalue weighted by Gasteiger charge is -2.03. The Morgan fingerprint density at radius 2 is 2.25 bits per heavy atom. The molecule has 0 heterocycles. The van der Waals surface area contributed by atoms with Crippen molar-refractivity contribution in [3.8, 4) is 5.75 Å². The molecule has 1 radical (unpaired) electrons. The molecule has 0 amide bonds. The van der Waals surface area contributed by atoms with Gasteiger partial charge in [0.25, 0.3) is 6.43 Å². The quantitative estimate of drug-likeness (QED) is 0.714. The molecule has 0 unspecified atom stereocenters. The Labute approximate surface area is 73.9 Å². The average Bonchev–Trinajstić information content (AvgIpc) is 2.03. The van der Waals surface area contributed by atoms with E-state index >= 15 is 0 Å². The van der Waals surface area contributed by atoms with Crippen LogP contribution < -0.4 is 4.74 Å². The van der Waals surface area contributed by atoms with Gasteiger partial charge in [0, 0.05) is 11.1 Å². The molecule has 0 aromatic heterocycles. The molecule has 0 N–H and O–H groups in total. The van der Waals surface area contributed by atoms with Crippen molar-refractivity contribution >= 4 is 11.6 Å². The first kappa shape index (κ1) is 9.26. The third-order valence-corrected chi connectivity index (χ3v) is 1.35. The molecule has 0 aliphatic carbocycles. The predicted octanol–water partition coefficient (Wildman–Crippen LogP) is 2.78. The van der Waals surface area contributed by atoms with E-state index in [0.717, 1.165) is 0 Å². The number of alkyl halides is 2. The molecule has 4 heteroatoms. The van der Waals surface area contributed by atoms with Gasteiger partial charge < -0.3 is 4.74 Å². The zero-order valence-electron chi connectivity index (χ0n) is 6.06. The van der Waals surface area contributed by atoms with Crippen LogP contribution in [-0.4, -0.2) is 13.0 Å². The van der Waals surface area contributed by atoms with E-state index < -0.39 is 13.0 Å². The Kier molecular flexibility index (Phi) is 3.29. The standard InChI is InChI=1S/C8H6ClF2O/c9-6-1-3-7(4-2-6)12-5-8(10)11/h1-3,8H,5H2. The van der Waals surface area contributed by atoms with Gasteiger partial charge in [0.15, 0.2) is 0 Å². The number of hydrogen-bond acceptors (Lipinski definition) is 1. The summed E-state index contributed by atoms with van der Waals surface area (Å²) in [7, 11) is 0. The summed E-state index contributed by atoms with van der Waals surface area (Å²) < 4.78 is 27.9. The van der Waals surface area contributed by atoms with Gasteiger partial charge in [0.2, 0.25) is 0 Å². The second kappa shape index (κ2) is 4.26. The maximum atomic E-state index is 11.6. The Hall–Kier alpha value is -0.830. The van der Waals surface area contributed by atoms with Gasteiger partial charge in [-0.2, -0.15) is 0 Å². The minimum absolute atomic E-state index is 0.278. The van der Waals surface area contributed by atoms with Gasteiger partial charge in [-0.15, -0.1) is 0 Å². The van der Waals surface area contributed by atoms with E-state index in [-0.39, 0.29) is 5.75 Å². The molecule has 1 rings (SSSR count). The Bertz CT molecular complexity index is 235. The van der Waals surface area contributed by atoms with Crippen LogP contribution >= 0.6 is 11.6 Å². The van der Waals surface area contributed by atoms with Gasteiger partial charge >= 0.3 is 0 Å². The Morgan fingerprint density at radius 1 is 1.50 bits per heavy atom. The second-order valence-corrected chi connectivity index (χ2v) is 2.51. The van der Waals surface area contributed by atoms with Crippen LogP contribution in [0.1, 0.15) is 0 Å². The van der Waals surface area contributed by atoms with Crippen LogP contribution in [0.25, 0.3) is 0 Å².